The van der Waals surface area contributed by atoms with Gasteiger partial charge in [-0.1, -0.05) is 0 Å². The third kappa shape index (κ3) is 1.83. The van der Waals surface area contributed by atoms with E-state index in [4.69, 9.17) is 10.7 Å². The molecule has 90 valence electrons. The zero-order chi connectivity index (χ0) is 12.2. The van der Waals surface area contributed by atoms with Crippen LogP contribution >= 0.6 is 10.7 Å². The first-order chi connectivity index (χ1) is 7.97. The summed E-state index contributed by atoms with van der Waals surface area (Å²) in [5.41, 5.74) is 1.63. The molecule has 0 aliphatic heterocycles. The fourth-order valence-electron chi connectivity index (χ4n) is 2.06. The van der Waals surface area contributed by atoms with Gasteiger partial charge in [-0.3, -0.25) is 0 Å². The van der Waals surface area contributed by atoms with Crippen LogP contribution in [0, 0.1) is 0 Å². The van der Waals surface area contributed by atoms with E-state index in [1.165, 1.54) is 12.1 Å². The topological polar surface area (TPSA) is 52.0 Å². The Morgan fingerprint density at radius 3 is 2.71 bits per heavy atom. The van der Waals surface area contributed by atoms with Gasteiger partial charge in [0.2, 0.25) is 0 Å². The maximum atomic E-state index is 11.2. The van der Waals surface area contributed by atoms with Gasteiger partial charge in [0, 0.05) is 23.6 Å². The zero-order valence-electron chi connectivity index (χ0n) is 9.22. The Hall–Kier alpha value is -1.07. The van der Waals surface area contributed by atoms with Crippen LogP contribution in [0.5, 0.6) is 0 Å². The summed E-state index contributed by atoms with van der Waals surface area (Å²) in [4.78, 5) is 4.59. The van der Waals surface area contributed by atoms with Crippen LogP contribution in [0.25, 0.3) is 11.0 Å². The average Bonchev–Trinajstić information content (AvgIpc) is 3.03. The molecule has 0 spiro atoms. The van der Waals surface area contributed by atoms with Gasteiger partial charge in [-0.25, -0.2) is 13.4 Å². The molecule has 3 rings (SSSR count). The van der Waals surface area contributed by atoms with Crippen LogP contribution in [-0.4, -0.2) is 18.0 Å². The van der Waals surface area contributed by atoms with E-state index < -0.39 is 9.05 Å². The molecule has 4 nitrogen and oxygen atoms in total. The number of aryl methyl sites for hydroxylation is 1. The second kappa shape index (κ2) is 3.46. The lowest BCUT2D eigenvalue weighted by molar-refractivity contribution is 0.609. The lowest BCUT2D eigenvalue weighted by Gasteiger charge is -1.99. The summed E-state index contributed by atoms with van der Waals surface area (Å²) in [5, 5.41) is 0. The van der Waals surface area contributed by atoms with Gasteiger partial charge in [0.1, 0.15) is 5.82 Å². The Labute approximate surface area is 104 Å². The van der Waals surface area contributed by atoms with Crippen LogP contribution in [0.2, 0.25) is 0 Å². The van der Waals surface area contributed by atoms with Crippen LogP contribution in [0.4, 0.5) is 0 Å². The number of benzene rings is 1. The standard InChI is InChI=1S/C11H11ClN2O2S/c1-14-10-5-4-8(17(12,15)16)6-9(10)13-11(14)7-2-3-7/h4-7H,2-3H2,1H3. The lowest BCUT2D eigenvalue weighted by atomic mass is 10.3. The largest absolute Gasteiger partial charge is 0.331 e. The predicted molar refractivity (Wildman–Crippen MR) is 65.7 cm³/mol. The zero-order valence-corrected chi connectivity index (χ0v) is 10.8. The van der Waals surface area contributed by atoms with E-state index in [0.29, 0.717) is 11.4 Å². The number of fused-ring (bicyclic) bond motifs is 1. The molecule has 0 bridgehead atoms. The Kier molecular flexibility index (Phi) is 2.25. The molecular formula is C11H11ClN2O2S. The Bertz CT molecular complexity index is 702. The van der Waals surface area contributed by atoms with Crippen molar-refractivity contribution < 1.29 is 8.42 Å². The third-order valence-electron chi connectivity index (χ3n) is 3.11. The van der Waals surface area contributed by atoms with Crippen LogP contribution in [-0.2, 0) is 16.1 Å². The van der Waals surface area contributed by atoms with Gasteiger partial charge in [0.05, 0.1) is 15.9 Å². The van der Waals surface area contributed by atoms with Gasteiger partial charge in [-0.05, 0) is 31.0 Å². The van der Waals surface area contributed by atoms with Crippen LogP contribution in [0.3, 0.4) is 0 Å². The van der Waals surface area contributed by atoms with Crippen LogP contribution in [0.15, 0.2) is 23.1 Å². The summed E-state index contributed by atoms with van der Waals surface area (Å²) in [6.45, 7) is 0. The lowest BCUT2D eigenvalue weighted by Crippen LogP contribution is -1.94. The molecule has 0 N–H and O–H groups in total. The highest BCUT2D eigenvalue weighted by molar-refractivity contribution is 8.13. The Morgan fingerprint density at radius 1 is 1.41 bits per heavy atom. The number of imidazole rings is 1. The van der Waals surface area contributed by atoms with E-state index in [1.54, 1.807) is 6.07 Å². The highest BCUT2D eigenvalue weighted by atomic mass is 35.7. The number of halogens is 1. The smallest absolute Gasteiger partial charge is 0.261 e. The van der Waals surface area contributed by atoms with E-state index in [1.807, 2.05) is 11.6 Å². The molecule has 17 heavy (non-hydrogen) atoms. The van der Waals surface area contributed by atoms with E-state index in [2.05, 4.69) is 4.98 Å². The van der Waals surface area contributed by atoms with Gasteiger partial charge in [0.25, 0.3) is 9.05 Å². The van der Waals surface area contributed by atoms with Gasteiger partial charge < -0.3 is 4.57 Å². The monoisotopic (exact) mass is 270 g/mol. The van der Waals surface area contributed by atoms with E-state index in [-0.39, 0.29) is 4.90 Å². The molecule has 6 heteroatoms. The third-order valence-corrected chi connectivity index (χ3v) is 4.46. The number of rotatable bonds is 2. The fraction of sp³-hybridized carbons (Fsp3) is 0.364. The first-order valence-electron chi connectivity index (χ1n) is 5.38. The molecule has 1 heterocycles. The molecule has 0 radical (unpaired) electrons. The molecule has 1 aromatic carbocycles. The first kappa shape index (κ1) is 11.0. The van der Waals surface area contributed by atoms with E-state index >= 15 is 0 Å². The molecule has 1 saturated carbocycles. The van der Waals surface area contributed by atoms with Crippen LogP contribution in [0.1, 0.15) is 24.6 Å². The molecule has 0 amide bonds. The van der Waals surface area contributed by atoms with Crippen molar-refractivity contribution in [3.8, 4) is 0 Å². The second-order valence-electron chi connectivity index (χ2n) is 4.39. The molecule has 0 saturated heterocycles. The number of hydrogen-bond donors (Lipinski definition) is 0. The predicted octanol–water partition coefficient (Wildman–Crippen LogP) is 2.38. The van der Waals surface area contributed by atoms with Crippen molar-refractivity contribution in [3.05, 3.63) is 24.0 Å². The summed E-state index contributed by atoms with van der Waals surface area (Å²) in [5.74, 6) is 1.56. The first-order valence-corrected chi connectivity index (χ1v) is 7.69. The normalized spacial score (nSPS) is 16.6. The van der Waals surface area contributed by atoms with Crippen molar-refractivity contribution in [1.82, 2.24) is 9.55 Å². The molecule has 1 aliphatic rings. The minimum atomic E-state index is -3.68. The highest BCUT2D eigenvalue weighted by Gasteiger charge is 2.28. The maximum absolute atomic E-state index is 11.2. The molecule has 0 unspecified atom stereocenters. The molecule has 1 fully saturated rings. The van der Waals surface area contributed by atoms with Gasteiger partial charge in [0.15, 0.2) is 0 Å². The minimum Gasteiger partial charge on any atom is -0.331 e. The van der Waals surface area contributed by atoms with Gasteiger partial charge in [-0.15, -0.1) is 0 Å². The van der Waals surface area contributed by atoms with Crippen molar-refractivity contribution in [1.29, 1.82) is 0 Å². The molecule has 2 aromatic rings. The molecule has 1 aromatic heterocycles. The van der Waals surface area contributed by atoms with Crippen molar-refractivity contribution in [2.45, 2.75) is 23.7 Å². The number of hydrogen-bond acceptors (Lipinski definition) is 3. The number of aromatic nitrogens is 2. The summed E-state index contributed by atoms with van der Waals surface area (Å²) >= 11 is 0. The van der Waals surface area contributed by atoms with Gasteiger partial charge in [-0.2, -0.15) is 0 Å². The molecule has 0 atom stereocenters. The summed E-state index contributed by atoms with van der Waals surface area (Å²) < 4.78 is 24.5. The maximum Gasteiger partial charge on any atom is 0.261 e. The quantitative estimate of drug-likeness (QED) is 0.788. The average molecular weight is 271 g/mol. The molecular weight excluding hydrogens is 260 g/mol. The van der Waals surface area contributed by atoms with Crippen molar-refractivity contribution in [2.75, 3.05) is 0 Å². The number of nitrogens with zero attached hydrogens (tertiary/aromatic N) is 2. The highest BCUT2D eigenvalue weighted by Crippen LogP contribution is 2.40. The van der Waals surface area contributed by atoms with Gasteiger partial charge >= 0.3 is 0 Å². The van der Waals surface area contributed by atoms with Crippen molar-refractivity contribution in [3.63, 3.8) is 0 Å². The summed E-state index contributed by atoms with van der Waals surface area (Å²) in [7, 11) is 3.59. The van der Waals surface area contributed by atoms with Crippen LogP contribution < -0.4 is 0 Å². The SMILES string of the molecule is Cn1c(C2CC2)nc2cc(S(=O)(=O)Cl)ccc21. The van der Waals surface area contributed by atoms with E-state index in [9.17, 15) is 8.42 Å². The Balaban J connectivity index is 2.23. The Morgan fingerprint density at radius 2 is 2.12 bits per heavy atom. The molecule has 1 aliphatic carbocycles. The minimum absolute atomic E-state index is 0.104. The summed E-state index contributed by atoms with van der Waals surface area (Å²) in [6.07, 6.45) is 2.33. The van der Waals surface area contributed by atoms with E-state index in [0.717, 1.165) is 24.2 Å². The fourth-order valence-corrected chi connectivity index (χ4v) is 2.83. The van der Waals surface area contributed by atoms with Crippen molar-refractivity contribution in [2.24, 2.45) is 7.05 Å². The summed E-state index contributed by atoms with van der Waals surface area (Å²) in [6, 6.07) is 4.80. The second-order valence-corrected chi connectivity index (χ2v) is 6.96. The van der Waals surface area contributed by atoms with Crippen molar-refractivity contribution >= 4 is 30.8 Å².